The number of rotatable bonds is 10. The predicted octanol–water partition coefficient (Wildman–Crippen LogP) is 5.81. The zero-order valence-electron chi connectivity index (χ0n) is 17.8. The van der Waals surface area contributed by atoms with Gasteiger partial charge in [-0.15, -0.1) is 11.8 Å². The van der Waals surface area contributed by atoms with Crippen molar-refractivity contribution in [2.45, 2.75) is 51.6 Å². The zero-order valence-corrected chi connectivity index (χ0v) is 21.0. The maximum atomic E-state index is 14.0. The second kappa shape index (κ2) is 12.5. The van der Waals surface area contributed by atoms with E-state index in [0.29, 0.717) is 17.1 Å². The summed E-state index contributed by atoms with van der Waals surface area (Å²) in [7, 11) is 0. The van der Waals surface area contributed by atoms with Crippen LogP contribution in [0.15, 0.2) is 46.9 Å². The number of nitrogens with zero attached hydrogens (tertiary/aromatic N) is 1. The van der Waals surface area contributed by atoms with Crippen LogP contribution in [0.2, 0.25) is 5.02 Å². The lowest BCUT2D eigenvalue weighted by Crippen LogP contribution is -2.50. The summed E-state index contributed by atoms with van der Waals surface area (Å²) < 4.78 is 14.9. The van der Waals surface area contributed by atoms with E-state index in [4.69, 9.17) is 11.6 Å². The SMILES string of the molecule is CC[C@@H](C)NC(=O)[C@@H](C)N(Cc1cccc(Br)c1)C(=O)CSCc1c(F)cccc1Cl. The van der Waals surface area contributed by atoms with E-state index in [1.165, 1.54) is 17.8 Å². The van der Waals surface area contributed by atoms with Crippen LogP contribution in [0.5, 0.6) is 0 Å². The third kappa shape index (κ3) is 7.81. The first-order valence-corrected chi connectivity index (χ1v) is 12.4. The Bertz CT molecular complexity index is 895. The molecule has 0 unspecified atom stereocenters. The van der Waals surface area contributed by atoms with Crippen LogP contribution >= 0.6 is 39.3 Å². The molecule has 2 aromatic rings. The Hall–Kier alpha value is -1.57. The van der Waals surface area contributed by atoms with Crippen molar-refractivity contribution in [3.63, 3.8) is 0 Å². The van der Waals surface area contributed by atoms with E-state index < -0.39 is 6.04 Å². The molecule has 1 N–H and O–H groups in total. The summed E-state index contributed by atoms with van der Waals surface area (Å²) >= 11 is 10.8. The van der Waals surface area contributed by atoms with Crippen molar-refractivity contribution in [2.24, 2.45) is 0 Å². The summed E-state index contributed by atoms with van der Waals surface area (Å²) in [5.74, 6) is -0.390. The summed E-state index contributed by atoms with van der Waals surface area (Å²) in [6, 6.07) is 11.5. The molecule has 168 valence electrons. The van der Waals surface area contributed by atoms with Crippen molar-refractivity contribution in [2.75, 3.05) is 5.75 Å². The second-order valence-corrected chi connectivity index (χ2v) is 9.65. The molecule has 0 heterocycles. The van der Waals surface area contributed by atoms with E-state index in [0.717, 1.165) is 16.5 Å². The largest absolute Gasteiger partial charge is 0.352 e. The number of benzene rings is 2. The number of hydrogen-bond donors (Lipinski definition) is 1. The number of halogens is 3. The number of carbonyl (C=O) groups is 2. The van der Waals surface area contributed by atoms with E-state index in [9.17, 15) is 14.0 Å². The molecule has 0 saturated carbocycles. The Morgan fingerprint density at radius 2 is 1.94 bits per heavy atom. The van der Waals surface area contributed by atoms with Gasteiger partial charge >= 0.3 is 0 Å². The molecule has 0 saturated heterocycles. The molecule has 0 fully saturated rings. The summed E-state index contributed by atoms with van der Waals surface area (Å²) in [4.78, 5) is 27.4. The molecule has 2 rings (SSSR count). The number of hydrogen-bond acceptors (Lipinski definition) is 3. The molecule has 0 radical (unpaired) electrons. The molecule has 0 aliphatic rings. The van der Waals surface area contributed by atoms with Gasteiger partial charge in [0.1, 0.15) is 11.9 Å². The Morgan fingerprint density at radius 1 is 1.23 bits per heavy atom. The van der Waals surface area contributed by atoms with Crippen LogP contribution in [-0.4, -0.2) is 34.6 Å². The van der Waals surface area contributed by atoms with Crippen LogP contribution < -0.4 is 5.32 Å². The maximum absolute atomic E-state index is 14.0. The Balaban J connectivity index is 2.12. The molecule has 0 aromatic heterocycles. The molecular weight excluding hydrogens is 503 g/mol. The minimum atomic E-state index is -0.641. The van der Waals surface area contributed by atoms with Crippen molar-refractivity contribution in [3.05, 3.63) is 68.9 Å². The quantitative estimate of drug-likeness (QED) is 0.423. The highest BCUT2D eigenvalue weighted by Gasteiger charge is 2.26. The number of thioether (sulfide) groups is 1. The molecule has 0 bridgehead atoms. The van der Waals surface area contributed by atoms with Crippen LogP contribution in [-0.2, 0) is 21.9 Å². The molecule has 0 spiro atoms. The zero-order chi connectivity index (χ0) is 23.0. The summed E-state index contributed by atoms with van der Waals surface area (Å²) in [6.45, 7) is 5.95. The Kier molecular flexibility index (Phi) is 10.3. The van der Waals surface area contributed by atoms with Gasteiger partial charge in [-0.05, 0) is 50.1 Å². The topological polar surface area (TPSA) is 49.4 Å². The lowest BCUT2D eigenvalue weighted by Gasteiger charge is -2.29. The molecular formula is C23H27BrClFN2O2S. The third-order valence-electron chi connectivity index (χ3n) is 4.94. The fourth-order valence-corrected chi connectivity index (χ4v) is 4.57. The molecule has 2 aromatic carbocycles. The van der Waals surface area contributed by atoms with Crippen molar-refractivity contribution < 1.29 is 14.0 Å². The van der Waals surface area contributed by atoms with Crippen LogP contribution in [0.3, 0.4) is 0 Å². The van der Waals surface area contributed by atoms with E-state index in [2.05, 4.69) is 21.2 Å². The summed E-state index contributed by atoms with van der Waals surface area (Å²) in [6.07, 6.45) is 0.803. The van der Waals surface area contributed by atoms with Gasteiger partial charge in [0.2, 0.25) is 11.8 Å². The van der Waals surface area contributed by atoms with Gasteiger partial charge in [-0.3, -0.25) is 9.59 Å². The third-order valence-corrected chi connectivity index (χ3v) is 6.74. The first kappa shape index (κ1) is 25.7. The molecule has 2 amide bonds. The van der Waals surface area contributed by atoms with Crippen LogP contribution in [0, 0.1) is 5.82 Å². The van der Waals surface area contributed by atoms with E-state index in [1.807, 2.05) is 38.1 Å². The first-order valence-electron chi connectivity index (χ1n) is 10.1. The van der Waals surface area contributed by atoms with Crippen LogP contribution in [0.25, 0.3) is 0 Å². The summed E-state index contributed by atoms with van der Waals surface area (Å²) in [5, 5.41) is 3.28. The molecule has 31 heavy (non-hydrogen) atoms. The fourth-order valence-electron chi connectivity index (χ4n) is 2.87. The van der Waals surface area contributed by atoms with E-state index in [1.54, 1.807) is 24.0 Å². The normalized spacial score (nSPS) is 12.8. The van der Waals surface area contributed by atoms with Crippen LogP contribution in [0.1, 0.15) is 38.3 Å². The molecule has 0 aliphatic carbocycles. The van der Waals surface area contributed by atoms with Crippen molar-refractivity contribution >= 4 is 51.1 Å². The van der Waals surface area contributed by atoms with Gasteiger partial charge in [-0.1, -0.05) is 52.7 Å². The van der Waals surface area contributed by atoms with Crippen molar-refractivity contribution in [1.82, 2.24) is 10.2 Å². The summed E-state index contributed by atoms with van der Waals surface area (Å²) in [5.41, 5.74) is 1.29. The first-order chi connectivity index (χ1) is 14.7. The van der Waals surface area contributed by atoms with E-state index in [-0.39, 0.29) is 35.2 Å². The Labute approximate surface area is 201 Å². The standard InChI is InChI=1S/C23H27BrClFN2O2S/c1-4-15(2)27-23(30)16(3)28(12-17-7-5-8-18(24)11-17)22(29)14-31-13-19-20(25)9-6-10-21(19)26/h5-11,15-16H,4,12-14H2,1-3H3,(H,27,30)/t15-,16-/m1/s1. The van der Waals surface area contributed by atoms with E-state index >= 15 is 0 Å². The fraction of sp³-hybridized carbons (Fsp3) is 0.391. The average molecular weight is 530 g/mol. The minimum Gasteiger partial charge on any atom is -0.352 e. The molecule has 4 nitrogen and oxygen atoms in total. The molecule has 8 heteroatoms. The van der Waals surface area contributed by atoms with Gasteiger partial charge in [0.15, 0.2) is 0 Å². The van der Waals surface area contributed by atoms with Crippen molar-refractivity contribution in [1.29, 1.82) is 0 Å². The van der Waals surface area contributed by atoms with Gasteiger partial charge < -0.3 is 10.2 Å². The highest BCUT2D eigenvalue weighted by atomic mass is 79.9. The highest BCUT2D eigenvalue weighted by Crippen LogP contribution is 2.24. The molecule has 0 aliphatic heterocycles. The monoisotopic (exact) mass is 528 g/mol. The second-order valence-electron chi connectivity index (χ2n) is 7.34. The number of carbonyl (C=O) groups excluding carboxylic acids is 2. The number of nitrogens with one attached hydrogen (secondary N) is 1. The minimum absolute atomic E-state index is 0.0235. The lowest BCUT2D eigenvalue weighted by atomic mass is 10.1. The predicted molar refractivity (Wildman–Crippen MR) is 130 cm³/mol. The van der Waals surface area contributed by atoms with Gasteiger partial charge in [0.05, 0.1) is 5.75 Å². The molecule has 2 atom stereocenters. The number of amides is 2. The van der Waals surface area contributed by atoms with Crippen molar-refractivity contribution in [3.8, 4) is 0 Å². The van der Waals surface area contributed by atoms with Gasteiger partial charge in [-0.25, -0.2) is 4.39 Å². The van der Waals surface area contributed by atoms with Gasteiger partial charge in [-0.2, -0.15) is 0 Å². The smallest absolute Gasteiger partial charge is 0.242 e. The maximum Gasteiger partial charge on any atom is 0.242 e. The Morgan fingerprint density at radius 3 is 2.58 bits per heavy atom. The average Bonchev–Trinajstić information content (AvgIpc) is 2.73. The van der Waals surface area contributed by atoms with Gasteiger partial charge in [0.25, 0.3) is 0 Å². The van der Waals surface area contributed by atoms with Crippen LogP contribution in [0.4, 0.5) is 4.39 Å². The highest BCUT2D eigenvalue weighted by molar-refractivity contribution is 9.10. The lowest BCUT2D eigenvalue weighted by molar-refractivity contribution is -0.138. The van der Waals surface area contributed by atoms with Gasteiger partial charge in [0, 0.05) is 33.4 Å².